The van der Waals surface area contributed by atoms with Gasteiger partial charge in [0, 0.05) is 24.0 Å². The Bertz CT molecular complexity index is 831. The Labute approximate surface area is 141 Å². The Morgan fingerprint density at radius 1 is 1.04 bits per heavy atom. The Hall–Kier alpha value is -2.40. The number of hydrogen-bond acceptors (Lipinski definition) is 4. The van der Waals surface area contributed by atoms with E-state index in [4.69, 9.17) is 9.47 Å². The summed E-state index contributed by atoms with van der Waals surface area (Å²) in [4.78, 5) is 1.44. The molecule has 2 aliphatic rings. The predicted molar refractivity (Wildman–Crippen MR) is 90.2 cm³/mol. The van der Waals surface area contributed by atoms with E-state index < -0.39 is 0 Å². The predicted octanol–water partition coefficient (Wildman–Crippen LogP) is 1.45. The van der Waals surface area contributed by atoms with Crippen LogP contribution < -0.4 is 14.4 Å². The fourth-order valence-electron chi connectivity index (χ4n) is 4.17. The van der Waals surface area contributed by atoms with Gasteiger partial charge >= 0.3 is 0 Å². The van der Waals surface area contributed by atoms with Crippen molar-refractivity contribution in [2.75, 3.05) is 27.8 Å². The van der Waals surface area contributed by atoms with Gasteiger partial charge in [0.05, 0.1) is 27.8 Å². The number of ether oxygens (including phenoxy) is 2. The fourth-order valence-corrected chi connectivity index (χ4v) is 4.17. The maximum atomic E-state index is 10.8. The molecule has 0 aromatic heterocycles. The molecular weight excluding hydrogens is 306 g/mol. The number of rotatable bonds is 2. The minimum absolute atomic E-state index is 0.0854. The zero-order valence-electron chi connectivity index (χ0n) is 14.1. The number of phenolic OH excluding ortho intramolecular Hbond substituents is 2. The highest BCUT2D eigenvalue weighted by molar-refractivity contribution is 5.84. The van der Waals surface area contributed by atoms with Gasteiger partial charge in [0.15, 0.2) is 23.0 Å². The standard InChI is InChI=1S/C19H21NO4/c1-20-5-4-10-7-16(24-3)19(22)18-12-9-14(21)15(23-2)8-11(12)6-13(20)17(10)18/h7-9,13,21-22H,4-6H2,1-3H3/p+1/t13-/m0/s1. The van der Waals surface area contributed by atoms with E-state index in [0.717, 1.165) is 36.1 Å². The second kappa shape index (κ2) is 5.31. The smallest absolute Gasteiger partial charge is 0.166 e. The summed E-state index contributed by atoms with van der Waals surface area (Å²) in [6, 6.07) is 5.83. The van der Waals surface area contributed by atoms with Gasteiger partial charge in [-0.1, -0.05) is 0 Å². The minimum Gasteiger partial charge on any atom is -0.504 e. The van der Waals surface area contributed by atoms with E-state index in [1.807, 2.05) is 12.1 Å². The first-order valence-corrected chi connectivity index (χ1v) is 8.20. The average Bonchev–Trinajstić information content (AvgIpc) is 2.58. The molecule has 0 saturated carbocycles. The van der Waals surface area contributed by atoms with E-state index >= 15 is 0 Å². The molecule has 0 radical (unpaired) electrons. The molecule has 1 unspecified atom stereocenters. The highest BCUT2D eigenvalue weighted by Gasteiger charge is 2.38. The van der Waals surface area contributed by atoms with Crippen molar-refractivity contribution in [3.05, 3.63) is 34.9 Å². The van der Waals surface area contributed by atoms with E-state index in [0.29, 0.717) is 17.5 Å². The largest absolute Gasteiger partial charge is 0.504 e. The summed E-state index contributed by atoms with van der Waals surface area (Å²) in [6.07, 6.45) is 1.82. The second-order valence-corrected chi connectivity index (χ2v) is 6.66. The first kappa shape index (κ1) is 15.1. The van der Waals surface area contributed by atoms with Crippen molar-refractivity contribution in [3.63, 3.8) is 0 Å². The molecule has 0 spiro atoms. The van der Waals surface area contributed by atoms with Crippen LogP contribution in [0.15, 0.2) is 18.2 Å². The summed E-state index contributed by atoms with van der Waals surface area (Å²) in [5, 5.41) is 21.0. The summed E-state index contributed by atoms with van der Waals surface area (Å²) >= 11 is 0. The molecule has 1 heterocycles. The van der Waals surface area contributed by atoms with Gasteiger partial charge in [-0.2, -0.15) is 0 Å². The number of hydrogen-bond donors (Lipinski definition) is 3. The van der Waals surface area contributed by atoms with Gasteiger partial charge in [-0.05, 0) is 34.9 Å². The molecule has 0 amide bonds. The Morgan fingerprint density at radius 3 is 2.46 bits per heavy atom. The van der Waals surface area contributed by atoms with Crippen LogP contribution in [0.1, 0.15) is 22.7 Å². The fraction of sp³-hybridized carbons (Fsp3) is 0.368. The highest BCUT2D eigenvalue weighted by atomic mass is 16.5. The first-order valence-electron chi connectivity index (χ1n) is 8.20. The summed E-state index contributed by atoms with van der Waals surface area (Å²) in [7, 11) is 5.32. The van der Waals surface area contributed by atoms with E-state index in [9.17, 15) is 10.2 Å². The van der Waals surface area contributed by atoms with Crippen molar-refractivity contribution in [1.29, 1.82) is 0 Å². The molecular formula is C19H22NO4+. The number of fused-ring (bicyclic) bond motifs is 2. The van der Waals surface area contributed by atoms with E-state index in [-0.39, 0.29) is 11.5 Å². The molecule has 0 fully saturated rings. The van der Waals surface area contributed by atoms with Gasteiger partial charge in [0.1, 0.15) is 6.04 Å². The number of methoxy groups -OCH3 is 2. The third kappa shape index (κ3) is 1.97. The normalized spacial score (nSPS) is 21.0. The lowest BCUT2D eigenvalue weighted by Crippen LogP contribution is -3.10. The highest BCUT2D eigenvalue weighted by Crippen LogP contribution is 2.51. The monoisotopic (exact) mass is 328 g/mol. The lowest BCUT2D eigenvalue weighted by molar-refractivity contribution is -0.914. The van der Waals surface area contributed by atoms with Gasteiger partial charge in [0.2, 0.25) is 0 Å². The number of benzene rings is 2. The topological polar surface area (TPSA) is 63.4 Å². The van der Waals surface area contributed by atoms with Crippen molar-refractivity contribution >= 4 is 0 Å². The molecule has 1 aliphatic heterocycles. The molecule has 3 N–H and O–H groups in total. The van der Waals surface area contributed by atoms with Gasteiger partial charge in [-0.15, -0.1) is 0 Å². The summed E-state index contributed by atoms with van der Waals surface area (Å²) < 4.78 is 10.6. The lowest BCUT2D eigenvalue weighted by Gasteiger charge is -2.37. The van der Waals surface area contributed by atoms with Crippen molar-refractivity contribution in [1.82, 2.24) is 0 Å². The molecule has 24 heavy (non-hydrogen) atoms. The maximum Gasteiger partial charge on any atom is 0.166 e. The van der Waals surface area contributed by atoms with Gasteiger partial charge in [0.25, 0.3) is 0 Å². The van der Waals surface area contributed by atoms with Crippen LogP contribution in [0.3, 0.4) is 0 Å². The van der Waals surface area contributed by atoms with Crippen LogP contribution in [0.5, 0.6) is 23.0 Å². The Balaban J connectivity index is 2.05. The molecule has 2 aromatic carbocycles. The SMILES string of the molecule is COc1cc2c(cc1O)-c1c(O)c(OC)cc3c1[C@H](C2)[NH+](C)CC3. The number of phenols is 2. The molecule has 2 atom stereocenters. The van der Waals surface area contributed by atoms with Crippen molar-refractivity contribution in [2.45, 2.75) is 18.9 Å². The van der Waals surface area contributed by atoms with Crippen molar-refractivity contribution in [2.24, 2.45) is 0 Å². The lowest BCUT2D eigenvalue weighted by atomic mass is 9.76. The van der Waals surface area contributed by atoms with Crippen LogP contribution in [0.2, 0.25) is 0 Å². The summed E-state index contributed by atoms with van der Waals surface area (Å²) in [5.74, 6) is 1.20. The number of nitrogens with one attached hydrogen (secondary N) is 1. The van der Waals surface area contributed by atoms with Gasteiger partial charge in [-0.3, -0.25) is 0 Å². The zero-order chi connectivity index (χ0) is 17.0. The average molecular weight is 328 g/mol. The molecule has 5 nitrogen and oxygen atoms in total. The van der Waals surface area contributed by atoms with Crippen LogP contribution in [-0.2, 0) is 12.8 Å². The molecule has 0 bridgehead atoms. The number of aromatic hydroxyl groups is 2. The van der Waals surface area contributed by atoms with Crippen LogP contribution in [0.25, 0.3) is 11.1 Å². The number of likely N-dealkylation sites (N-methyl/N-ethyl adjacent to an activating group) is 1. The number of quaternary nitrogens is 1. The maximum absolute atomic E-state index is 10.8. The van der Waals surface area contributed by atoms with Crippen molar-refractivity contribution in [3.8, 4) is 34.1 Å². The van der Waals surface area contributed by atoms with Crippen LogP contribution in [0, 0.1) is 0 Å². The van der Waals surface area contributed by atoms with E-state index in [1.165, 1.54) is 16.0 Å². The van der Waals surface area contributed by atoms with E-state index in [1.54, 1.807) is 20.3 Å². The summed E-state index contributed by atoms with van der Waals surface area (Å²) in [5.41, 5.74) is 5.17. The third-order valence-electron chi connectivity index (χ3n) is 5.44. The minimum atomic E-state index is 0.0854. The van der Waals surface area contributed by atoms with Gasteiger partial charge in [-0.25, -0.2) is 0 Å². The Morgan fingerprint density at radius 2 is 1.75 bits per heavy atom. The van der Waals surface area contributed by atoms with Crippen LogP contribution in [-0.4, -0.2) is 38.0 Å². The molecule has 1 aliphatic carbocycles. The molecule has 4 rings (SSSR count). The summed E-state index contributed by atoms with van der Waals surface area (Å²) in [6.45, 7) is 1.05. The quantitative estimate of drug-likeness (QED) is 0.781. The van der Waals surface area contributed by atoms with Crippen molar-refractivity contribution < 1.29 is 24.6 Å². The second-order valence-electron chi connectivity index (χ2n) is 6.66. The molecule has 126 valence electrons. The van der Waals surface area contributed by atoms with E-state index in [2.05, 4.69) is 7.05 Å². The zero-order valence-corrected chi connectivity index (χ0v) is 14.1. The Kier molecular flexibility index (Phi) is 3.35. The molecule has 2 aromatic rings. The molecule has 0 saturated heterocycles. The third-order valence-corrected chi connectivity index (χ3v) is 5.44. The first-order chi connectivity index (χ1) is 11.5. The molecule has 5 heteroatoms. The van der Waals surface area contributed by atoms with Crippen LogP contribution in [0.4, 0.5) is 0 Å². The van der Waals surface area contributed by atoms with Crippen LogP contribution >= 0.6 is 0 Å². The van der Waals surface area contributed by atoms with Gasteiger partial charge < -0.3 is 24.6 Å².